The van der Waals surface area contributed by atoms with Crippen molar-refractivity contribution in [2.24, 2.45) is 0 Å². The fourth-order valence-corrected chi connectivity index (χ4v) is 4.42. The van der Waals surface area contributed by atoms with Crippen molar-refractivity contribution in [3.8, 4) is 16.9 Å². The topological polar surface area (TPSA) is 156 Å². The number of hydrogen-bond acceptors (Lipinski definition) is 11. The first-order chi connectivity index (χ1) is 19.0. The summed E-state index contributed by atoms with van der Waals surface area (Å²) in [6.45, 7) is 3.78. The summed E-state index contributed by atoms with van der Waals surface area (Å²) in [6, 6.07) is 7.67. The Kier molecular flexibility index (Phi) is 7.67. The number of carbonyl (C=O) groups excluding carboxylic acids is 4. The lowest BCUT2D eigenvalue weighted by atomic mass is 9.97. The van der Waals surface area contributed by atoms with E-state index in [0.717, 1.165) is 0 Å². The van der Waals surface area contributed by atoms with E-state index in [2.05, 4.69) is 0 Å². The van der Waals surface area contributed by atoms with Gasteiger partial charge < -0.3 is 23.0 Å². The lowest BCUT2D eigenvalue weighted by Crippen LogP contribution is -2.19. The SMILES string of the molecule is COc1ccc(-c2cccc3c(=O)c(C(C)=O)c(COC(C)=O)oc23)c2oc(COC(C)=O)c(C(C)=O)c(=O)c12. The number of ether oxygens (including phenoxy) is 3. The van der Waals surface area contributed by atoms with Crippen LogP contribution in [0.25, 0.3) is 33.1 Å². The maximum atomic E-state index is 13.6. The molecule has 0 atom stereocenters. The van der Waals surface area contributed by atoms with Gasteiger partial charge in [0.25, 0.3) is 0 Å². The van der Waals surface area contributed by atoms with Crippen LogP contribution in [-0.4, -0.2) is 30.6 Å². The van der Waals surface area contributed by atoms with Crippen molar-refractivity contribution < 1.29 is 42.2 Å². The van der Waals surface area contributed by atoms with E-state index >= 15 is 0 Å². The van der Waals surface area contributed by atoms with E-state index in [1.807, 2.05) is 0 Å². The standard InChI is InChI=1S/C29H24O11/c1-13(30)23-21(11-37-15(3)32)39-28-17(7-6-8-19(28)26(23)34)18-9-10-20(36-5)25-27(35)24(14(2)31)22(40-29(18)25)12-38-16(4)33/h6-10H,11-12H2,1-5H3. The van der Waals surface area contributed by atoms with Gasteiger partial charge in [0.1, 0.15) is 46.6 Å². The van der Waals surface area contributed by atoms with Gasteiger partial charge in [-0.1, -0.05) is 12.1 Å². The molecule has 2 aromatic heterocycles. The number of carbonyl (C=O) groups is 4. The number of Topliss-reactive ketones (excluding diaryl/α,β-unsaturated/α-hetero) is 2. The second kappa shape index (κ2) is 11.0. The van der Waals surface area contributed by atoms with Crippen molar-refractivity contribution in [3.63, 3.8) is 0 Å². The highest BCUT2D eigenvalue weighted by atomic mass is 16.5. The minimum Gasteiger partial charge on any atom is -0.496 e. The number of para-hydroxylation sites is 1. The summed E-state index contributed by atoms with van der Waals surface area (Å²) in [6.07, 6.45) is 0. The first-order valence-electron chi connectivity index (χ1n) is 12.0. The van der Waals surface area contributed by atoms with Crippen LogP contribution >= 0.6 is 0 Å². The lowest BCUT2D eigenvalue weighted by molar-refractivity contribution is -0.143. The van der Waals surface area contributed by atoms with Crippen molar-refractivity contribution in [3.05, 3.63) is 73.4 Å². The molecule has 2 aromatic carbocycles. The highest BCUT2D eigenvalue weighted by molar-refractivity contribution is 6.06. The molecule has 0 saturated carbocycles. The third-order valence-electron chi connectivity index (χ3n) is 6.10. The molecule has 0 aliphatic carbocycles. The molecule has 4 rings (SSSR count). The number of hydrogen-bond donors (Lipinski definition) is 0. The van der Waals surface area contributed by atoms with E-state index in [9.17, 15) is 28.8 Å². The lowest BCUT2D eigenvalue weighted by Gasteiger charge is -2.15. The number of rotatable bonds is 8. The van der Waals surface area contributed by atoms with Gasteiger partial charge >= 0.3 is 11.9 Å². The molecule has 0 spiro atoms. The summed E-state index contributed by atoms with van der Waals surface area (Å²) < 4.78 is 27.5. The molecule has 0 aliphatic heterocycles. The molecule has 0 unspecified atom stereocenters. The fraction of sp³-hybridized carbons (Fsp3) is 0.241. The molecule has 40 heavy (non-hydrogen) atoms. The highest BCUT2D eigenvalue weighted by Crippen LogP contribution is 2.37. The van der Waals surface area contributed by atoms with Gasteiger partial charge in [-0.2, -0.15) is 0 Å². The van der Waals surface area contributed by atoms with Gasteiger partial charge in [-0.3, -0.25) is 28.8 Å². The Morgan fingerprint density at radius 1 is 0.700 bits per heavy atom. The normalized spacial score (nSPS) is 10.9. The zero-order chi connectivity index (χ0) is 29.3. The van der Waals surface area contributed by atoms with E-state index in [0.29, 0.717) is 5.56 Å². The molecule has 0 amide bonds. The molecular formula is C29H24O11. The van der Waals surface area contributed by atoms with Crippen molar-refractivity contribution >= 4 is 45.4 Å². The zero-order valence-corrected chi connectivity index (χ0v) is 22.3. The van der Waals surface area contributed by atoms with Gasteiger partial charge in [0, 0.05) is 25.0 Å². The van der Waals surface area contributed by atoms with Gasteiger partial charge in [0.15, 0.2) is 23.1 Å². The van der Waals surface area contributed by atoms with Crippen LogP contribution in [-0.2, 0) is 32.3 Å². The van der Waals surface area contributed by atoms with Crippen molar-refractivity contribution in [2.45, 2.75) is 40.9 Å². The number of methoxy groups -OCH3 is 1. The summed E-state index contributed by atoms with van der Waals surface area (Å²) >= 11 is 0. The van der Waals surface area contributed by atoms with Crippen LogP contribution in [0.3, 0.4) is 0 Å². The van der Waals surface area contributed by atoms with Crippen LogP contribution in [0.5, 0.6) is 5.75 Å². The molecule has 0 fully saturated rings. The summed E-state index contributed by atoms with van der Waals surface area (Å²) in [4.78, 5) is 74.6. The smallest absolute Gasteiger partial charge is 0.303 e. The average molecular weight is 549 g/mol. The largest absolute Gasteiger partial charge is 0.496 e. The maximum absolute atomic E-state index is 13.6. The Bertz CT molecular complexity index is 1840. The van der Waals surface area contributed by atoms with Gasteiger partial charge in [0.2, 0.25) is 10.9 Å². The zero-order valence-electron chi connectivity index (χ0n) is 22.3. The molecule has 206 valence electrons. The Hall–Kier alpha value is -5.06. The third-order valence-corrected chi connectivity index (χ3v) is 6.10. The van der Waals surface area contributed by atoms with Crippen molar-refractivity contribution in [2.75, 3.05) is 7.11 Å². The van der Waals surface area contributed by atoms with Crippen LogP contribution in [0.4, 0.5) is 0 Å². The van der Waals surface area contributed by atoms with E-state index in [-0.39, 0.29) is 55.9 Å². The molecule has 11 heteroatoms. The molecule has 0 saturated heterocycles. The van der Waals surface area contributed by atoms with Gasteiger partial charge in [0.05, 0.1) is 12.5 Å². The fourth-order valence-electron chi connectivity index (χ4n) is 4.42. The second-order valence-electron chi connectivity index (χ2n) is 8.83. The Balaban J connectivity index is 2.13. The minimum absolute atomic E-state index is 0.0242. The summed E-state index contributed by atoms with van der Waals surface area (Å²) in [7, 11) is 1.34. The van der Waals surface area contributed by atoms with Crippen LogP contribution < -0.4 is 15.6 Å². The second-order valence-corrected chi connectivity index (χ2v) is 8.83. The minimum atomic E-state index is -0.703. The van der Waals surface area contributed by atoms with E-state index in [1.165, 1.54) is 46.9 Å². The summed E-state index contributed by atoms with van der Waals surface area (Å²) in [5, 5.41) is -0.00213. The van der Waals surface area contributed by atoms with Crippen LogP contribution in [0.15, 0.2) is 48.8 Å². The van der Waals surface area contributed by atoms with E-state index in [1.54, 1.807) is 18.2 Å². The molecule has 2 heterocycles. The van der Waals surface area contributed by atoms with E-state index in [4.69, 9.17) is 23.0 Å². The van der Waals surface area contributed by atoms with Crippen LogP contribution in [0, 0.1) is 0 Å². The molecule has 0 radical (unpaired) electrons. The molecule has 0 bridgehead atoms. The van der Waals surface area contributed by atoms with Crippen molar-refractivity contribution in [1.29, 1.82) is 0 Å². The Morgan fingerprint density at radius 3 is 1.75 bits per heavy atom. The third kappa shape index (κ3) is 5.00. The quantitative estimate of drug-likeness (QED) is 0.231. The Morgan fingerprint density at radius 2 is 1.23 bits per heavy atom. The van der Waals surface area contributed by atoms with Gasteiger partial charge in [-0.05, 0) is 32.0 Å². The summed E-state index contributed by atoms with van der Waals surface area (Å²) in [5.74, 6) is -2.68. The monoisotopic (exact) mass is 548 g/mol. The highest BCUT2D eigenvalue weighted by Gasteiger charge is 2.26. The molecule has 0 aliphatic rings. The number of esters is 2. The van der Waals surface area contributed by atoms with Crippen molar-refractivity contribution in [1.82, 2.24) is 0 Å². The predicted molar refractivity (Wildman–Crippen MR) is 141 cm³/mol. The van der Waals surface area contributed by atoms with Gasteiger partial charge in [-0.15, -0.1) is 0 Å². The number of fused-ring (bicyclic) bond motifs is 2. The number of ketones is 2. The maximum Gasteiger partial charge on any atom is 0.303 e. The first kappa shape index (κ1) is 28.0. The first-order valence-corrected chi connectivity index (χ1v) is 12.0. The molecule has 4 aromatic rings. The predicted octanol–water partition coefficient (Wildman–Crippen LogP) is 4.11. The molecule has 11 nitrogen and oxygen atoms in total. The molecular weight excluding hydrogens is 524 g/mol. The number of benzene rings is 2. The van der Waals surface area contributed by atoms with Gasteiger partial charge in [-0.25, -0.2) is 0 Å². The molecule has 0 N–H and O–H groups in total. The van der Waals surface area contributed by atoms with Crippen LogP contribution in [0.2, 0.25) is 0 Å². The van der Waals surface area contributed by atoms with Crippen LogP contribution in [0.1, 0.15) is 59.9 Å². The van der Waals surface area contributed by atoms with E-state index < -0.39 is 47.6 Å². The average Bonchev–Trinajstić information content (AvgIpc) is 2.89. The summed E-state index contributed by atoms with van der Waals surface area (Å²) in [5.41, 5.74) is -1.32. The Labute approximate surface area is 226 Å².